The van der Waals surface area contributed by atoms with Gasteiger partial charge in [-0.25, -0.2) is 9.48 Å². The van der Waals surface area contributed by atoms with Gasteiger partial charge in [0.2, 0.25) is 5.91 Å². The molecule has 3 rings (SSSR count). The Balaban J connectivity index is 1.56. The summed E-state index contributed by atoms with van der Waals surface area (Å²) >= 11 is 5.85. The summed E-state index contributed by atoms with van der Waals surface area (Å²) < 4.78 is 6.17. The van der Waals surface area contributed by atoms with Crippen LogP contribution in [0.4, 0.5) is 4.79 Å². The highest BCUT2D eigenvalue weighted by Crippen LogP contribution is 2.16. The van der Waals surface area contributed by atoms with Crippen LogP contribution in [0.5, 0.6) is 0 Å². The normalized spacial score (nSPS) is 13.0. The van der Waals surface area contributed by atoms with Crippen LogP contribution in [0.1, 0.15) is 23.7 Å². The maximum Gasteiger partial charge on any atom is 0.410 e. The zero-order valence-corrected chi connectivity index (χ0v) is 16.9. The minimum absolute atomic E-state index is 0.145. The molecule has 0 atom stereocenters. The first-order chi connectivity index (χ1) is 14.0. The monoisotopic (exact) mass is 418 g/mol. The van der Waals surface area contributed by atoms with Crippen LogP contribution in [0.3, 0.4) is 0 Å². The van der Waals surface area contributed by atoms with Crippen molar-refractivity contribution in [3.63, 3.8) is 0 Å². The van der Waals surface area contributed by atoms with E-state index in [1.54, 1.807) is 24.0 Å². The Morgan fingerprint density at radius 3 is 2.76 bits per heavy atom. The van der Waals surface area contributed by atoms with Gasteiger partial charge in [0.1, 0.15) is 6.54 Å². The van der Waals surface area contributed by atoms with Crippen molar-refractivity contribution in [2.75, 3.05) is 19.7 Å². The van der Waals surface area contributed by atoms with E-state index in [0.29, 0.717) is 43.1 Å². The van der Waals surface area contributed by atoms with Crippen LogP contribution in [0.2, 0.25) is 5.02 Å². The van der Waals surface area contributed by atoms with E-state index >= 15 is 0 Å². The molecule has 0 saturated heterocycles. The number of nitrogens with one attached hydrogen (secondary N) is 1. The van der Waals surface area contributed by atoms with Crippen molar-refractivity contribution in [1.29, 1.82) is 0 Å². The Morgan fingerprint density at radius 2 is 2.03 bits per heavy atom. The summed E-state index contributed by atoms with van der Waals surface area (Å²) in [5.74, 6) is -0.280. The third-order valence-electron chi connectivity index (χ3n) is 4.61. The van der Waals surface area contributed by atoms with Crippen LogP contribution >= 0.6 is 11.6 Å². The second-order valence-corrected chi connectivity index (χ2v) is 7.15. The molecule has 1 aliphatic heterocycles. The Labute approximate surface area is 173 Å². The van der Waals surface area contributed by atoms with Crippen molar-refractivity contribution in [2.24, 2.45) is 0 Å². The predicted octanol–water partition coefficient (Wildman–Crippen LogP) is 1.77. The number of nitrogens with zero attached hydrogens (tertiary/aromatic N) is 3. The predicted molar refractivity (Wildman–Crippen MR) is 108 cm³/mol. The molecule has 1 aromatic carbocycles. The van der Waals surface area contributed by atoms with Gasteiger partial charge in [-0.05, 0) is 31.0 Å². The van der Waals surface area contributed by atoms with Gasteiger partial charge in [-0.1, -0.05) is 23.7 Å². The van der Waals surface area contributed by atoms with Gasteiger partial charge in [-0.15, -0.1) is 0 Å². The van der Waals surface area contributed by atoms with Crippen LogP contribution in [-0.2, 0) is 35.5 Å². The number of halogens is 1. The van der Waals surface area contributed by atoms with Gasteiger partial charge in [-0.2, -0.15) is 5.10 Å². The molecule has 0 bridgehead atoms. The molecular formula is C20H23ClN4O4. The molecule has 9 heteroatoms. The molecule has 0 aliphatic carbocycles. The number of aromatic nitrogens is 2. The standard InChI is InChI=1S/C20H23ClN4O4/c1-2-29-20(28)24-10-8-17-15(12-24)11-19(27)25(23-17)13-18(26)22-9-7-14-3-5-16(21)6-4-14/h3-6,11H,2,7-10,12-13H2,1H3,(H,22,26). The van der Waals surface area contributed by atoms with Gasteiger partial charge in [0, 0.05) is 36.2 Å². The van der Waals surface area contributed by atoms with Crippen molar-refractivity contribution in [3.05, 3.63) is 62.5 Å². The second-order valence-electron chi connectivity index (χ2n) is 6.71. The van der Waals surface area contributed by atoms with Gasteiger partial charge >= 0.3 is 6.09 Å². The lowest BCUT2D eigenvalue weighted by atomic mass is 10.1. The maximum atomic E-state index is 12.3. The van der Waals surface area contributed by atoms with Crippen molar-refractivity contribution in [2.45, 2.75) is 32.9 Å². The number of carbonyl (C=O) groups is 2. The zero-order valence-electron chi connectivity index (χ0n) is 16.2. The number of ether oxygens (including phenoxy) is 1. The van der Waals surface area contributed by atoms with Crippen LogP contribution in [-0.4, -0.2) is 46.4 Å². The third kappa shape index (κ3) is 5.57. The Hall–Kier alpha value is -2.87. The summed E-state index contributed by atoms with van der Waals surface area (Å²) in [6.45, 7) is 3.10. The molecule has 1 aliphatic rings. The molecule has 0 fully saturated rings. The number of hydrogen-bond donors (Lipinski definition) is 1. The smallest absolute Gasteiger partial charge is 0.410 e. The summed E-state index contributed by atoms with van der Waals surface area (Å²) in [5.41, 5.74) is 2.10. The SMILES string of the molecule is CCOC(=O)N1CCc2nn(CC(=O)NCCc3ccc(Cl)cc3)c(=O)cc2C1. The Bertz CT molecular complexity index is 942. The van der Waals surface area contributed by atoms with Crippen molar-refractivity contribution < 1.29 is 14.3 Å². The molecule has 0 spiro atoms. The number of benzene rings is 1. The van der Waals surface area contributed by atoms with E-state index in [1.165, 1.54) is 6.07 Å². The first kappa shape index (κ1) is 20.9. The Kier molecular flexibility index (Phi) is 6.87. The molecule has 154 valence electrons. The highest BCUT2D eigenvalue weighted by atomic mass is 35.5. The average Bonchev–Trinajstić information content (AvgIpc) is 2.70. The van der Waals surface area contributed by atoms with Gasteiger partial charge < -0.3 is 15.0 Å². The van der Waals surface area contributed by atoms with Crippen molar-refractivity contribution in [3.8, 4) is 0 Å². The minimum atomic E-state index is -0.401. The van der Waals surface area contributed by atoms with Crippen LogP contribution in [0, 0.1) is 0 Å². The first-order valence-electron chi connectivity index (χ1n) is 9.49. The number of rotatable bonds is 6. The fourth-order valence-corrected chi connectivity index (χ4v) is 3.24. The van der Waals surface area contributed by atoms with E-state index in [9.17, 15) is 14.4 Å². The van der Waals surface area contributed by atoms with Gasteiger partial charge in [0.15, 0.2) is 0 Å². The van der Waals surface area contributed by atoms with E-state index in [-0.39, 0.29) is 24.6 Å². The highest BCUT2D eigenvalue weighted by Gasteiger charge is 2.23. The summed E-state index contributed by atoms with van der Waals surface area (Å²) in [6.07, 6.45) is 0.772. The highest BCUT2D eigenvalue weighted by molar-refractivity contribution is 6.30. The van der Waals surface area contributed by atoms with Crippen LogP contribution in [0.25, 0.3) is 0 Å². The molecule has 2 amide bonds. The molecule has 29 heavy (non-hydrogen) atoms. The molecule has 2 aromatic rings. The summed E-state index contributed by atoms with van der Waals surface area (Å²) in [7, 11) is 0. The lowest BCUT2D eigenvalue weighted by Gasteiger charge is -2.27. The van der Waals surface area contributed by atoms with Gasteiger partial charge in [0.05, 0.1) is 18.8 Å². The lowest BCUT2D eigenvalue weighted by Crippen LogP contribution is -2.40. The molecule has 0 saturated carbocycles. The summed E-state index contributed by atoms with van der Waals surface area (Å²) in [4.78, 5) is 37.9. The minimum Gasteiger partial charge on any atom is -0.450 e. The molecule has 2 heterocycles. The lowest BCUT2D eigenvalue weighted by molar-refractivity contribution is -0.121. The van der Waals surface area contributed by atoms with Gasteiger partial charge in [-0.3, -0.25) is 9.59 Å². The number of fused-ring (bicyclic) bond motifs is 1. The fourth-order valence-electron chi connectivity index (χ4n) is 3.11. The molecule has 1 aromatic heterocycles. The van der Waals surface area contributed by atoms with E-state index in [0.717, 1.165) is 15.9 Å². The van der Waals surface area contributed by atoms with E-state index in [2.05, 4.69) is 10.4 Å². The average molecular weight is 419 g/mol. The Morgan fingerprint density at radius 1 is 1.28 bits per heavy atom. The van der Waals surface area contributed by atoms with E-state index < -0.39 is 6.09 Å². The topological polar surface area (TPSA) is 93.5 Å². The number of carbonyl (C=O) groups excluding carboxylic acids is 2. The van der Waals surface area contributed by atoms with E-state index in [1.807, 2.05) is 12.1 Å². The van der Waals surface area contributed by atoms with E-state index in [4.69, 9.17) is 16.3 Å². The molecule has 8 nitrogen and oxygen atoms in total. The summed E-state index contributed by atoms with van der Waals surface area (Å²) in [6, 6.07) is 8.86. The fraction of sp³-hybridized carbons (Fsp3) is 0.400. The van der Waals surface area contributed by atoms with Crippen molar-refractivity contribution in [1.82, 2.24) is 20.0 Å². The molecule has 0 unspecified atom stereocenters. The molecular weight excluding hydrogens is 396 g/mol. The second kappa shape index (κ2) is 9.56. The molecule has 1 N–H and O–H groups in total. The number of amides is 2. The van der Waals surface area contributed by atoms with Gasteiger partial charge in [0.25, 0.3) is 5.56 Å². The van der Waals surface area contributed by atoms with Crippen LogP contribution in [0.15, 0.2) is 35.1 Å². The third-order valence-corrected chi connectivity index (χ3v) is 4.86. The molecule has 0 radical (unpaired) electrons. The quantitative estimate of drug-likeness (QED) is 0.771. The van der Waals surface area contributed by atoms with Crippen LogP contribution < -0.4 is 10.9 Å². The number of hydrogen-bond acceptors (Lipinski definition) is 5. The first-order valence-corrected chi connectivity index (χ1v) is 9.87. The zero-order chi connectivity index (χ0) is 20.8. The largest absolute Gasteiger partial charge is 0.450 e. The van der Waals surface area contributed by atoms with Crippen molar-refractivity contribution >= 4 is 23.6 Å². The summed E-state index contributed by atoms with van der Waals surface area (Å²) in [5, 5.41) is 7.78. The maximum absolute atomic E-state index is 12.3.